The number of carbonyl (C=O) groups excluding carboxylic acids is 1. The molecule has 0 aromatic heterocycles. The SMILES string of the molecule is CCCCCCCCCC(=O)NCc1ccc([O-])c(O)c1. The molecule has 0 aliphatic heterocycles. The van der Waals surface area contributed by atoms with Gasteiger partial charge in [0.15, 0.2) is 0 Å². The minimum atomic E-state index is -0.395. The third-order valence-corrected chi connectivity index (χ3v) is 3.52. The first kappa shape index (κ1) is 17.3. The van der Waals surface area contributed by atoms with Crippen LogP contribution in [0.5, 0.6) is 11.5 Å². The number of hydrogen-bond donors (Lipinski definition) is 2. The Balaban J connectivity index is 2.09. The predicted molar refractivity (Wildman–Crippen MR) is 82.0 cm³/mol. The van der Waals surface area contributed by atoms with E-state index in [0.717, 1.165) is 18.4 Å². The van der Waals surface area contributed by atoms with Crippen molar-refractivity contribution in [3.05, 3.63) is 23.8 Å². The van der Waals surface area contributed by atoms with E-state index in [1.54, 1.807) is 6.07 Å². The Morgan fingerprint density at radius 1 is 1.14 bits per heavy atom. The molecule has 0 spiro atoms. The van der Waals surface area contributed by atoms with Crippen LogP contribution in [-0.2, 0) is 11.3 Å². The van der Waals surface area contributed by atoms with E-state index < -0.39 is 5.75 Å². The number of hydrogen-bond acceptors (Lipinski definition) is 3. The Bertz CT molecular complexity index is 432. The van der Waals surface area contributed by atoms with E-state index >= 15 is 0 Å². The van der Waals surface area contributed by atoms with Crippen LogP contribution in [-0.4, -0.2) is 11.0 Å². The highest BCUT2D eigenvalue weighted by Crippen LogP contribution is 2.21. The normalized spacial score (nSPS) is 10.5. The van der Waals surface area contributed by atoms with Crippen molar-refractivity contribution in [2.45, 2.75) is 64.8 Å². The summed E-state index contributed by atoms with van der Waals surface area (Å²) < 4.78 is 0. The molecule has 0 aliphatic carbocycles. The van der Waals surface area contributed by atoms with Crippen LogP contribution in [0.1, 0.15) is 63.9 Å². The molecule has 0 saturated heterocycles. The largest absolute Gasteiger partial charge is 0.870 e. The number of nitrogens with one attached hydrogen (secondary N) is 1. The van der Waals surface area contributed by atoms with Crippen LogP contribution in [0, 0.1) is 0 Å². The Kier molecular flexibility index (Phi) is 8.32. The number of unbranched alkanes of at least 4 members (excludes halogenated alkanes) is 6. The molecular weight excluding hydrogens is 266 g/mol. The topological polar surface area (TPSA) is 72.4 Å². The van der Waals surface area contributed by atoms with Crippen LogP contribution in [0.2, 0.25) is 0 Å². The summed E-state index contributed by atoms with van der Waals surface area (Å²) >= 11 is 0. The zero-order valence-corrected chi connectivity index (χ0v) is 12.9. The van der Waals surface area contributed by atoms with Crippen molar-refractivity contribution >= 4 is 5.91 Å². The third-order valence-electron chi connectivity index (χ3n) is 3.52. The second-order valence-electron chi connectivity index (χ2n) is 5.45. The maximum absolute atomic E-state index is 11.7. The summed E-state index contributed by atoms with van der Waals surface area (Å²) in [4.78, 5) is 11.7. The molecule has 0 unspecified atom stereocenters. The van der Waals surface area contributed by atoms with Crippen molar-refractivity contribution in [3.8, 4) is 11.5 Å². The molecule has 118 valence electrons. The minimum absolute atomic E-state index is 0.0225. The maximum atomic E-state index is 11.7. The lowest BCUT2D eigenvalue weighted by atomic mass is 10.1. The maximum Gasteiger partial charge on any atom is 0.220 e. The van der Waals surface area contributed by atoms with Gasteiger partial charge in [-0.1, -0.05) is 63.3 Å². The highest BCUT2D eigenvalue weighted by Gasteiger charge is 2.02. The first-order valence-corrected chi connectivity index (χ1v) is 7.89. The molecule has 0 fully saturated rings. The van der Waals surface area contributed by atoms with Crippen molar-refractivity contribution in [1.82, 2.24) is 5.32 Å². The smallest absolute Gasteiger partial charge is 0.220 e. The van der Waals surface area contributed by atoms with Crippen LogP contribution in [0.25, 0.3) is 0 Å². The molecular formula is C17H26NO3-. The van der Waals surface area contributed by atoms with Gasteiger partial charge in [-0.25, -0.2) is 0 Å². The summed E-state index contributed by atoms with van der Waals surface area (Å²) in [5.74, 6) is -0.642. The molecule has 1 aromatic carbocycles. The van der Waals surface area contributed by atoms with Gasteiger partial charge in [0.1, 0.15) is 5.75 Å². The number of rotatable bonds is 10. The summed E-state index contributed by atoms with van der Waals surface area (Å²) in [6.45, 7) is 2.55. The summed E-state index contributed by atoms with van der Waals surface area (Å²) in [5.41, 5.74) is 0.736. The summed E-state index contributed by atoms with van der Waals surface area (Å²) in [6, 6.07) is 4.33. The van der Waals surface area contributed by atoms with E-state index in [-0.39, 0.29) is 11.7 Å². The summed E-state index contributed by atoms with van der Waals surface area (Å²) in [6.07, 6.45) is 8.87. The lowest BCUT2D eigenvalue weighted by Gasteiger charge is -2.10. The Labute approximate surface area is 127 Å². The lowest BCUT2D eigenvalue weighted by molar-refractivity contribution is -0.270. The van der Waals surface area contributed by atoms with Gasteiger partial charge >= 0.3 is 0 Å². The first-order valence-electron chi connectivity index (χ1n) is 7.89. The van der Waals surface area contributed by atoms with Gasteiger partial charge in [0.25, 0.3) is 0 Å². The van der Waals surface area contributed by atoms with E-state index in [1.165, 1.54) is 44.2 Å². The fraction of sp³-hybridized carbons (Fsp3) is 0.588. The summed E-state index contributed by atoms with van der Waals surface area (Å²) in [5, 5.41) is 23.1. The molecule has 0 saturated carbocycles. The molecule has 0 bridgehead atoms. The van der Waals surface area contributed by atoms with Gasteiger partial charge < -0.3 is 15.5 Å². The highest BCUT2D eigenvalue weighted by molar-refractivity contribution is 5.75. The molecule has 21 heavy (non-hydrogen) atoms. The Hall–Kier alpha value is -1.71. The van der Waals surface area contributed by atoms with Crippen molar-refractivity contribution in [2.75, 3.05) is 0 Å². The van der Waals surface area contributed by atoms with E-state index in [0.29, 0.717) is 13.0 Å². The molecule has 0 radical (unpaired) electrons. The quantitative estimate of drug-likeness (QED) is 0.650. The Morgan fingerprint density at radius 3 is 2.48 bits per heavy atom. The van der Waals surface area contributed by atoms with Crippen LogP contribution in [0.3, 0.4) is 0 Å². The highest BCUT2D eigenvalue weighted by atomic mass is 16.3. The molecule has 1 amide bonds. The van der Waals surface area contributed by atoms with E-state index in [1.807, 2.05) is 0 Å². The van der Waals surface area contributed by atoms with Crippen molar-refractivity contribution < 1.29 is 15.0 Å². The number of phenols is 1. The second-order valence-corrected chi connectivity index (χ2v) is 5.45. The number of carbonyl (C=O) groups is 1. The van der Waals surface area contributed by atoms with Gasteiger partial charge in [0, 0.05) is 13.0 Å². The zero-order valence-electron chi connectivity index (χ0n) is 12.9. The average molecular weight is 292 g/mol. The zero-order chi connectivity index (χ0) is 15.5. The predicted octanol–water partition coefficient (Wildman–Crippen LogP) is 3.22. The minimum Gasteiger partial charge on any atom is -0.870 e. The van der Waals surface area contributed by atoms with Gasteiger partial charge in [-0.15, -0.1) is 0 Å². The Morgan fingerprint density at radius 2 is 1.81 bits per heavy atom. The molecule has 1 aromatic rings. The van der Waals surface area contributed by atoms with E-state index in [4.69, 9.17) is 0 Å². The molecule has 4 heteroatoms. The van der Waals surface area contributed by atoms with Gasteiger partial charge in [0.2, 0.25) is 5.91 Å². The second kappa shape index (κ2) is 10.1. The van der Waals surface area contributed by atoms with Gasteiger partial charge in [-0.3, -0.25) is 4.79 Å². The third kappa shape index (κ3) is 7.59. The van der Waals surface area contributed by atoms with Crippen LogP contribution in [0.4, 0.5) is 0 Å². The van der Waals surface area contributed by atoms with Crippen LogP contribution in [0.15, 0.2) is 18.2 Å². The molecule has 1 rings (SSSR count). The van der Waals surface area contributed by atoms with Crippen molar-refractivity contribution in [1.29, 1.82) is 0 Å². The average Bonchev–Trinajstić information content (AvgIpc) is 2.47. The molecule has 4 nitrogen and oxygen atoms in total. The number of benzene rings is 1. The fourth-order valence-electron chi connectivity index (χ4n) is 2.20. The molecule has 0 atom stereocenters. The van der Waals surface area contributed by atoms with Gasteiger partial charge in [0.05, 0.1) is 0 Å². The fourth-order valence-corrected chi connectivity index (χ4v) is 2.20. The monoisotopic (exact) mass is 292 g/mol. The number of phenolic OH excluding ortho intramolecular Hbond substituents is 1. The molecule has 0 aliphatic rings. The standard InChI is InChI=1S/C17H27NO3/c1-2-3-4-5-6-7-8-9-17(21)18-13-14-10-11-15(19)16(20)12-14/h10-12,19-20H,2-9,13H2,1H3,(H,18,21)/p-1. The van der Waals surface area contributed by atoms with E-state index in [2.05, 4.69) is 12.2 Å². The van der Waals surface area contributed by atoms with Crippen LogP contribution < -0.4 is 10.4 Å². The van der Waals surface area contributed by atoms with Crippen molar-refractivity contribution in [3.63, 3.8) is 0 Å². The number of aromatic hydroxyl groups is 1. The molecule has 0 heterocycles. The van der Waals surface area contributed by atoms with Gasteiger partial charge in [-0.2, -0.15) is 0 Å². The summed E-state index contributed by atoms with van der Waals surface area (Å²) in [7, 11) is 0. The van der Waals surface area contributed by atoms with Crippen molar-refractivity contribution in [2.24, 2.45) is 0 Å². The van der Waals surface area contributed by atoms with Gasteiger partial charge in [-0.05, 0) is 18.1 Å². The lowest BCUT2D eigenvalue weighted by Crippen LogP contribution is -2.22. The molecule has 2 N–H and O–H groups in total. The van der Waals surface area contributed by atoms with E-state index in [9.17, 15) is 15.0 Å². The first-order chi connectivity index (χ1) is 10.1. The number of amides is 1. The van der Waals surface area contributed by atoms with Crippen LogP contribution >= 0.6 is 0 Å².